The number of nitrogens with zero attached hydrogens (tertiary/aromatic N) is 1. The molecule has 1 aromatic rings. The molecule has 106 valence electrons. The number of hydrogen-bond donors (Lipinski definition) is 1. The molecule has 0 aliphatic rings. The molecule has 2 N–H and O–H groups in total. The van der Waals surface area contributed by atoms with E-state index in [0.29, 0.717) is 5.02 Å². The van der Waals surface area contributed by atoms with Gasteiger partial charge in [0.1, 0.15) is 5.69 Å². The van der Waals surface area contributed by atoms with E-state index in [4.69, 9.17) is 22.1 Å². The van der Waals surface area contributed by atoms with E-state index in [1.54, 1.807) is 6.07 Å². The maximum atomic E-state index is 11.8. The molecule has 0 aliphatic heterocycles. The quantitative estimate of drug-likeness (QED) is 0.516. The van der Waals surface area contributed by atoms with Crippen molar-refractivity contribution in [2.45, 2.75) is 26.9 Å². The highest BCUT2D eigenvalue weighted by molar-refractivity contribution is 6.31. The predicted octanol–water partition coefficient (Wildman–Crippen LogP) is 2.43. The zero-order chi connectivity index (χ0) is 15.3. The fourth-order valence-electron chi connectivity index (χ4n) is 1.26. The summed E-state index contributed by atoms with van der Waals surface area (Å²) in [6, 6.07) is 2.97. The molecule has 5 nitrogen and oxygen atoms in total. The molecule has 1 unspecified atom stereocenters. The molecular weight excluding hydrogens is 280 g/mol. The molecule has 1 rings (SSSR count). The van der Waals surface area contributed by atoms with Gasteiger partial charge in [-0.05, 0) is 24.0 Å². The molecule has 0 spiro atoms. The number of amides is 1. The number of ether oxygens (including phenoxy) is 1. The fourth-order valence-corrected chi connectivity index (χ4v) is 1.42. The molecule has 0 bridgehead atoms. The van der Waals surface area contributed by atoms with Gasteiger partial charge in [0, 0.05) is 16.6 Å². The first-order valence-electron chi connectivity index (χ1n) is 5.83. The summed E-state index contributed by atoms with van der Waals surface area (Å²) in [6.45, 7) is 5.45. The number of hydrogen-bond acceptors (Lipinski definition) is 4. The Hall–Kier alpha value is -2.06. The van der Waals surface area contributed by atoms with Gasteiger partial charge in [-0.15, -0.1) is 0 Å². The molecule has 6 heteroatoms. The number of primary amides is 1. The first-order chi connectivity index (χ1) is 9.20. The van der Waals surface area contributed by atoms with Gasteiger partial charge in [-0.25, -0.2) is 4.79 Å². The summed E-state index contributed by atoms with van der Waals surface area (Å²) in [6.07, 6.45) is -0.311. The standard InChI is InChI=1S/C14H15ClN2O3/c1-14(2,3)12(20-13(16)19)5-4-11(18)10-8-9(15)6-7-17-10/h6-8,12H,1-3H3,(H2,16,19). The third-order valence-corrected chi connectivity index (χ3v) is 2.53. The van der Waals surface area contributed by atoms with Crippen LogP contribution in [0.1, 0.15) is 31.3 Å². The Kier molecular flexibility index (Phi) is 5.12. The van der Waals surface area contributed by atoms with Crippen LogP contribution >= 0.6 is 11.6 Å². The maximum absolute atomic E-state index is 11.8. The summed E-state index contributed by atoms with van der Waals surface area (Å²) in [5.41, 5.74) is 4.65. The Morgan fingerprint density at radius 1 is 1.45 bits per heavy atom. The Morgan fingerprint density at radius 2 is 2.10 bits per heavy atom. The lowest BCUT2D eigenvalue weighted by atomic mass is 9.89. The summed E-state index contributed by atoms with van der Waals surface area (Å²) in [5.74, 6) is 4.49. The second kappa shape index (κ2) is 6.40. The van der Waals surface area contributed by atoms with Crippen molar-refractivity contribution >= 4 is 23.5 Å². The predicted molar refractivity (Wildman–Crippen MR) is 75.3 cm³/mol. The molecule has 0 saturated carbocycles. The summed E-state index contributed by atoms with van der Waals surface area (Å²) in [5, 5.41) is 0.394. The van der Waals surface area contributed by atoms with Gasteiger partial charge in [0.15, 0.2) is 6.10 Å². The van der Waals surface area contributed by atoms with Crippen LogP contribution in [0.5, 0.6) is 0 Å². The number of rotatable bonds is 2. The number of carbonyl (C=O) groups excluding carboxylic acids is 2. The second-order valence-electron chi connectivity index (χ2n) is 5.14. The highest BCUT2D eigenvalue weighted by Gasteiger charge is 2.26. The van der Waals surface area contributed by atoms with Crippen molar-refractivity contribution in [3.63, 3.8) is 0 Å². The third-order valence-electron chi connectivity index (χ3n) is 2.29. The van der Waals surface area contributed by atoms with Gasteiger partial charge in [0.25, 0.3) is 5.78 Å². The van der Waals surface area contributed by atoms with Crippen molar-refractivity contribution in [3.8, 4) is 11.8 Å². The fraction of sp³-hybridized carbons (Fsp3) is 0.357. The zero-order valence-corrected chi connectivity index (χ0v) is 12.2. The Bertz CT molecular complexity index is 582. The topological polar surface area (TPSA) is 82.3 Å². The summed E-state index contributed by atoms with van der Waals surface area (Å²) < 4.78 is 4.89. The average Bonchev–Trinajstić information content (AvgIpc) is 2.32. The molecule has 1 amide bonds. The van der Waals surface area contributed by atoms with Crippen molar-refractivity contribution in [2.24, 2.45) is 11.1 Å². The van der Waals surface area contributed by atoms with Gasteiger partial charge in [-0.2, -0.15) is 0 Å². The van der Waals surface area contributed by atoms with E-state index >= 15 is 0 Å². The molecule has 0 radical (unpaired) electrons. The molecule has 1 atom stereocenters. The maximum Gasteiger partial charge on any atom is 0.405 e. The summed E-state index contributed by atoms with van der Waals surface area (Å²) in [4.78, 5) is 26.6. The minimum absolute atomic E-state index is 0.136. The number of pyridine rings is 1. The van der Waals surface area contributed by atoms with Crippen LogP contribution in [0.2, 0.25) is 5.02 Å². The van der Waals surface area contributed by atoms with Crippen LogP contribution in [0.4, 0.5) is 4.79 Å². The third kappa shape index (κ3) is 4.90. The van der Waals surface area contributed by atoms with Crippen molar-refractivity contribution in [1.82, 2.24) is 4.98 Å². The lowest BCUT2D eigenvalue weighted by molar-refractivity contribution is 0.0738. The highest BCUT2D eigenvalue weighted by atomic mass is 35.5. The van der Waals surface area contributed by atoms with E-state index in [1.807, 2.05) is 20.8 Å². The van der Waals surface area contributed by atoms with E-state index in [-0.39, 0.29) is 5.69 Å². The van der Waals surface area contributed by atoms with E-state index in [9.17, 15) is 9.59 Å². The Labute approximate surface area is 122 Å². The zero-order valence-electron chi connectivity index (χ0n) is 11.4. The van der Waals surface area contributed by atoms with Crippen LogP contribution in [0.15, 0.2) is 18.3 Å². The van der Waals surface area contributed by atoms with E-state index in [0.717, 1.165) is 0 Å². The molecule has 1 aromatic heterocycles. The number of Topliss-reactive ketones (excluding diaryl/α,β-unsaturated/α-hetero) is 1. The molecule has 1 heterocycles. The number of carbonyl (C=O) groups is 2. The van der Waals surface area contributed by atoms with E-state index < -0.39 is 23.4 Å². The monoisotopic (exact) mass is 294 g/mol. The van der Waals surface area contributed by atoms with E-state index in [2.05, 4.69) is 16.8 Å². The molecular formula is C14H15ClN2O3. The van der Waals surface area contributed by atoms with Crippen LogP contribution in [0.25, 0.3) is 0 Å². The van der Waals surface area contributed by atoms with Gasteiger partial charge in [0.05, 0.1) is 0 Å². The smallest absolute Gasteiger partial charge is 0.405 e. The molecule has 0 fully saturated rings. The SMILES string of the molecule is CC(C)(C)C(C#CC(=O)c1cc(Cl)ccn1)OC(N)=O. The molecule has 0 aromatic carbocycles. The molecule has 20 heavy (non-hydrogen) atoms. The minimum atomic E-state index is -0.937. The minimum Gasteiger partial charge on any atom is -0.433 e. The average molecular weight is 295 g/mol. The number of ketones is 1. The highest BCUT2D eigenvalue weighted by Crippen LogP contribution is 2.21. The van der Waals surface area contributed by atoms with Gasteiger partial charge in [0.2, 0.25) is 0 Å². The lowest BCUT2D eigenvalue weighted by Gasteiger charge is -2.24. The van der Waals surface area contributed by atoms with Crippen LogP contribution in [0, 0.1) is 17.3 Å². The van der Waals surface area contributed by atoms with Crippen LogP contribution < -0.4 is 5.73 Å². The van der Waals surface area contributed by atoms with Gasteiger partial charge < -0.3 is 10.5 Å². The van der Waals surface area contributed by atoms with Crippen molar-refractivity contribution in [2.75, 3.05) is 0 Å². The Morgan fingerprint density at radius 3 is 2.60 bits per heavy atom. The first kappa shape index (κ1) is 16.0. The van der Waals surface area contributed by atoms with Crippen molar-refractivity contribution in [1.29, 1.82) is 0 Å². The van der Waals surface area contributed by atoms with Crippen LogP contribution in [-0.4, -0.2) is 23.0 Å². The summed E-state index contributed by atoms with van der Waals surface area (Å²) in [7, 11) is 0. The molecule has 0 saturated heterocycles. The molecule has 0 aliphatic carbocycles. The first-order valence-corrected chi connectivity index (χ1v) is 6.21. The Balaban J connectivity index is 2.95. The van der Waals surface area contributed by atoms with Crippen molar-refractivity contribution in [3.05, 3.63) is 29.0 Å². The normalized spacial score (nSPS) is 12.0. The van der Waals surface area contributed by atoms with Gasteiger partial charge in [-0.1, -0.05) is 32.4 Å². The largest absolute Gasteiger partial charge is 0.433 e. The van der Waals surface area contributed by atoms with Gasteiger partial charge in [-0.3, -0.25) is 9.78 Å². The van der Waals surface area contributed by atoms with Gasteiger partial charge >= 0.3 is 6.09 Å². The van der Waals surface area contributed by atoms with E-state index in [1.165, 1.54) is 12.3 Å². The summed E-state index contributed by atoms with van der Waals surface area (Å²) >= 11 is 5.77. The van der Waals surface area contributed by atoms with Crippen molar-refractivity contribution < 1.29 is 14.3 Å². The number of nitrogens with two attached hydrogens (primary N) is 1. The number of aromatic nitrogens is 1. The van der Waals surface area contributed by atoms with Crippen LogP contribution in [0.3, 0.4) is 0 Å². The van der Waals surface area contributed by atoms with Crippen LogP contribution in [-0.2, 0) is 4.74 Å². The lowest BCUT2D eigenvalue weighted by Crippen LogP contribution is -2.32. The second-order valence-corrected chi connectivity index (χ2v) is 5.58. The number of halogens is 1.